The second-order valence-corrected chi connectivity index (χ2v) is 7.01. The summed E-state index contributed by atoms with van der Waals surface area (Å²) in [5.41, 5.74) is 0.266. The summed E-state index contributed by atoms with van der Waals surface area (Å²) in [6, 6.07) is 5.84. The fraction of sp³-hybridized carbons (Fsp3) is 0.526. The van der Waals surface area contributed by atoms with Crippen LogP contribution in [0.2, 0.25) is 0 Å². The van der Waals surface area contributed by atoms with Crippen molar-refractivity contribution in [2.24, 2.45) is 0 Å². The lowest BCUT2D eigenvalue weighted by molar-refractivity contribution is -0.131. The van der Waals surface area contributed by atoms with Gasteiger partial charge in [0.1, 0.15) is 11.4 Å². The van der Waals surface area contributed by atoms with E-state index in [9.17, 15) is 18.8 Å². The molecule has 1 saturated carbocycles. The summed E-state index contributed by atoms with van der Waals surface area (Å²) in [4.78, 5) is 37.7. The lowest BCUT2D eigenvalue weighted by atomic mass is 9.98. The highest BCUT2D eigenvalue weighted by molar-refractivity contribution is 6.07. The first kappa shape index (κ1) is 18.4. The van der Waals surface area contributed by atoms with Crippen LogP contribution >= 0.6 is 0 Å². The zero-order chi connectivity index (χ0) is 18.6. The van der Waals surface area contributed by atoms with Gasteiger partial charge in [-0.25, -0.2) is 9.18 Å². The molecular weight excluding hydrogens is 337 g/mol. The molecule has 1 aliphatic carbocycles. The Morgan fingerprint density at radius 1 is 1.19 bits per heavy atom. The van der Waals surface area contributed by atoms with Gasteiger partial charge in [0.05, 0.1) is 0 Å². The molecule has 7 heteroatoms. The van der Waals surface area contributed by atoms with Gasteiger partial charge in [-0.1, -0.05) is 25.0 Å². The number of hydrogen-bond acceptors (Lipinski definition) is 3. The van der Waals surface area contributed by atoms with Crippen LogP contribution in [0.15, 0.2) is 24.3 Å². The molecule has 1 aromatic carbocycles. The first-order valence-corrected chi connectivity index (χ1v) is 9.15. The summed E-state index contributed by atoms with van der Waals surface area (Å²) in [5.74, 6) is -0.538. The van der Waals surface area contributed by atoms with E-state index in [0.29, 0.717) is 32.2 Å². The maximum atomic E-state index is 12.8. The smallest absolute Gasteiger partial charge is 0.325 e. The monoisotopic (exact) mass is 361 g/mol. The van der Waals surface area contributed by atoms with E-state index in [1.165, 1.54) is 17.0 Å². The Kier molecular flexibility index (Phi) is 5.54. The minimum Gasteiger partial charge on any atom is -0.356 e. The number of imide groups is 1. The van der Waals surface area contributed by atoms with E-state index in [1.54, 1.807) is 12.1 Å². The van der Waals surface area contributed by atoms with Crippen LogP contribution in [0.1, 0.15) is 44.1 Å². The summed E-state index contributed by atoms with van der Waals surface area (Å²) < 4.78 is 12.8. The van der Waals surface area contributed by atoms with Crippen LogP contribution in [0.4, 0.5) is 9.18 Å². The molecule has 1 aromatic rings. The number of benzene rings is 1. The van der Waals surface area contributed by atoms with Gasteiger partial charge >= 0.3 is 6.03 Å². The maximum Gasteiger partial charge on any atom is 0.325 e. The Bertz CT molecular complexity index is 684. The molecule has 1 saturated heterocycles. The van der Waals surface area contributed by atoms with Crippen molar-refractivity contribution >= 4 is 17.8 Å². The van der Waals surface area contributed by atoms with Crippen molar-refractivity contribution in [3.8, 4) is 0 Å². The Balaban J connectivity index is 1.36. The molecule has 4 amide bonds. The molecule has 1 spiro atoms. The van der Waals surface area contributed by atoms with Gasteiger partial charge in [0.2, 0.25) is 5.91 Å². The van der Waals surface area contributed by atoms with E-state index in [4.69, 9.17) is 0 Å². The predicted octanol–water partition coefficient (Wildman–Crippen LogP) is 2.13. The summed E-state index contributed by atoms with van der Waals surface area (Å²) in [7, 11) is 0. The van der Waals surface area contributed by atoms with Gasteiger partial charge in [-0.3, -0.25) is 14.5 Å². The van der Waals surface area contributed by atoms with E-state index >= 15 is 0 Å². The molecule has 6 nitrogen and oxygen atoms in total. The van der Waals surface area contributed by atoms with Crippen LogP contribution < -0.4 is 10.6 Å². The molecule has 0 bridgehead atoms. The Labute approximate surface area is 152 Å². The van der Waals surface area contributed by atoms with Crippen molar-refractivity contribution in [3.05, 3.63) is 35.6 Å². The number of urea groups is 1. The zero-order valence-corrected chi connectivity index (χ0v) is 14.7. The quantitative estimate of drug-likeness (QED) is 0.730. The fourth-order valence-corrected chi connectivity index (χ4v) is 3.68. The standard InChI is InChI=1S/C19H24FN3O3/c20-15-7-5-14(6-8-15)9-12-21-16(24)4-3-13-23-17(25)19(22-18(23)26)10-1-2-11-19/h5-8H,1-4,9-13H2,(H,21,24)(H,22,26). The highest BCUT2D eigenvalue weighted by Crippen LogP contribution is 2.35. The zero-order valence-electron chi connectivity index (χ0n) is 14.7. The fourth-order valence-electron chi connectivity index (χ4n) is 3.68. The Hall–Kier alpha value is -2.44. The van der Waals surface area contributed by atoms with Gasteiger partial charge in [-0.05, 0) is 43.4 Å². The minimum atomic E-state index is -0.686. The molecule has 0 aromatic heterocycles. The molecule has 2 aliphatic rings. The molecule has 26 heavy (non-hydrogen) atoms. The van der Waals surface area contributed by atoms with Crippen molar-refractivity contribution < 1.29 is 18.8 Å². The maximum absolute atomic E-state index is 12.8. The average molecular weight is 361 g/mol. The van der Waals surface area contributed by atoms with Crippen molar-refractivity contribution in [2.75, 3.05) is 13.1 Å². The molecule has 3 rings (SSSR count). The lowest BCUT2D eigenvalue weighted by Crippen LogP contribution is -2.44. The number of nitrogens with zero attached hydrogens (tertiary/aromatic N) is 1. The van der Waals surface area contributed by atoms with Crippen molar-refractivity contribution in [3.63, 3.8) is 0 Å². The summed E-state index contributed by atoms with van der Waals surface area (Å²) in [6.07, 6.45) is 4.65. The molecule has 0 radical (unpaired) electrons. The van der Waals surface area contributed by atoms with Crippen molar-refractivity contribution in [2.45, 2.75) is 50.5 Å². The summed E-state index contributed by atoms with van der Waals surface area (Å²) in [6.45, 7) is 0.731. The van der Waals surface area contributed by atoms with E-state index in [1.807, 2.05) is 0 Å². The van der Waals surface area contributed by atoms with Gasteiger partial charge in [0, 0.05) is 19.5 Å². The Morgan fingerprint density at radius 2 is 1.88 bits per heavy atom. The van der Waals surface area contributed by atoms with Crippen LogP contribution in [0.5, 0.6) is 0 Å². The highest BCUT2D eigenvalue weighted by Gasteiger charge is 2.51. The van der Waals surface area contributed by atoms with Gasteiger partial charge in [-0.15, -0.1) is 0 Å². The molecule has 140 valence electrons. The van der Waals surface area contributed by atoms with E-state index in [0.717, 1.165) is 18.4 Å². The molecule has 2 fully saturated rings. The van der Waals surface area contributed by atoms with Crippen LogP contribution in [0.3, 0.4) is 0 Å². The second-order valence-electron chi connectivity index (χ2n) is 7.01. The predicted molar refractivity (Wildman–Crippen MR) is 93.8 cm³/mol. The van der Waals surface area contributed by atoms with Gasteiger partial charge in [-0.2, -0.15) is 0 Å². The third-order valence-electron chi connectivity index (χ3n) is 5.14. The number of amides is 4. The molecule has 0 unspecified atom stereocenters. The average Bonchev–Trinajstić information content (AvgIpc) is 3.17. The normalized spacial score (nSPS) is 18.4. The first-order valence-electron chi connectivity index (χ1n) is 9.15. The van der Waals surface area contributed by atoms with Gasteiger partial charge in [0.15, 0.2) is 0 Å². The van der Waals surface area contributed by atoms with Gasteiger partial charge in [0.25, 0.3) is 5.91 Å². The van der Waals surface area contributed by atoms with E-state index < -0.39 is 5.54 Å². The molecule has 0 atom stereocenters. The number of nitrogens with one attached hydrogen (secondary N) is 2. The van der Waals surface area contributed by atoms with Crippen molar-refractivity contribution in [1.82, 2.24) is 15.5 Å². The first-order chi connectivity index (χ1) is 12.5. The number of carbonyl (C=O) groups excluding carboxylic acids is 3. The Morgan fingerprint density at radius 3 is 2.58 bits per heavy atom. The lowest BCUT2D eigenvalue weighted by Gasteiger charge is -2.19. The third-order valence-corrected chi connectivity index (χ3v) is 5.14. The van der Waals surface area contributed by atoms with Crippen molar-refractivity contribution in [1.29, 1.82) is 0 Å². The number of halogens is 1. The largest absolute Gasteiger partial charge is 0.356 e. The SMILES string of the molecule is O=C(CCCN1C(=O)NC2(CCCC2)C1=O)NCCc1ccc(F)cc1. The number of carbonyl (C=O) groups is 3. The minimum absolute atomic E-state index is 0.116. The van der Waals surface area contributed by atoms with Gasteiger partial charge < -0.3 is 10.6 Å². The van der Waals surface area contributed by atoms with E-state index in [2.05, 4.69) is 10.6 Å². The third kappa shape index (κ3) is 4.03. The molecule has 1 heterocycles. The molecule has 1 aliphatic heterocycles. The number of rotatable bonds is 7. The highest BCUT2D eigenvalue weighted by atomic mass is 19.1. The second kappa shape index (κ2) is 7.85. The summed E-state index contributed by atoms with van der Waals surface area (Å²) >= 11 is 0. The van der Waals surface area contributed by atoms with E-state index in [-0.39, 0.29) is 36.6 Å². The topological polar surface area (TPSA) is 78.5 Å². The molecule has 2 N–H and O–H groups in total. The molecular formula is C19H24FN3O3. The number of hydrogen-bond donors (Lipinski definition) is 2. The van der Waals surface area contributed by atoms with Crippen LogP contribution in [0.25, 0.3) is 0 Å². The van der Waals surface area contributed by atoms with Crippen LogP contribution in [-0.2, 0) is 16.0 Å². The summed E-state index contributed by atoms with van der Waals surface area (Å²) in [5, 5.41) is 5.64. The van der Waals surface area contributed by atoms with Crippen LogP contribution in [0, 0.1) is 5.82 Å². The van der Waals surface area contributed by atoms with Crippen LogP contribution in [-0.4, -0.2) is 41.4 Å².